The van der Waals surface area contributed by atoms with E-state index >= 15 is 0 Å². The Labute approximate surface area is 182 Å². The predicted octanol–water partition coefficient (Wildman–Crippen LogP) is 4.24. The molecular formula is C23H19F3N3O3-. The van der Waals surface area contributed by atoms with Gasteiger partial charge in [0.25, 0.3) is 0 Å². The summed E-state index contributed by atoms with van der Waals surface area (Å²) >= 11 is 0. The molecule has 0 aliphatic carbocycles. The first-order valence-corrected chi connectivity index (χ1v) is 9.56. The van der Waals surface area contributed by atoms with Crippen molar-refractivity contribution in [3.05, 3.63) is 102 Å². The Balaban J connectivity index is 1.85. The fourth-order valence-electron chi connectivity index (χ4n) is 3.22. The van der Waals surface area contributed by atoms with Gasteiger partial charge in [-0.15, -0.1) is 0 Å². The van der Waals surface area contributed by atoms with Crippen molar-refractivity contribution in [3.63, 3.8) is 0 Å². The Hall–Kier alpha value is -4.01. The monoisotopic (exact) mass is 442 g/mol. The van der Waals surface area contributed by atoms with Gasteiger partial charge in [-0.3, -0.25) is 0 Å². The van der Waals surface area contributed by atoms with Crippen LogP contribution in [-0.2, 0) is 6.18 Å². The van der Waals surface area contributed by atoms with E-state index in [9.17, 15) is 27.9 Å². The predicted molar refractivity (Wildman–Crippen MR) is 110 cm³/mol. The molecule has 0 bridgehead atoms. The van der Waals surface area contributed by atoms with E-state index < -0.39 is 35.9 Å². The number of rotatable bonds is 6. The molecule has 9 heteroatoms. The molecule has 0 fully saturated rings. The second kappa shape index (κ2) is 9.86. The van der Waals surface area contributed by atoms with Crippen LogP contribution in [0.1, 0.15) is 28.8 Å². The summed E-state index contributed by atoms with van der Waals surface area (Å²) < 4.78 is 38.2. The molecule has 3 aromatic rings. The van der Waals surface area contributed by atoms with E-state index in [2.05, 4.69) is 16.0 Å². The number of anilines is 1. The smallest absolute Gasteiger partial charge is 0.416 e. The molecule has 6 nitrogen and oxygen atoms in total. The highest BCUT2D eigenvalue weighted by Crippen LogP contribution is 2.31. The average molecular weight is 442 g/mol. The van der Waals surface area contributed by atoms with E-state index in [4.69, 9.17) is 0 Å². The second-order valence-electron chi connectivity index (χ2n) is 6.88. The van der Waals surface area contributed by atoms with Crippen LogP contribution in [0.4, 0.5) is 28.4 Å². The quantitative estimate of drug-likeness (QED) is 0.533. The largest absolute Gasteiger partial charge is 0.530 e. The van der Waals surface area contributed by atoms with Gasteiger partial charge >= 0.3 is 12.2 Å². The fourth-order valence-corrected chi connectivity index (χ4v) is 3.22. The molecule has 32 heavy (non-hydrogen) atoms. The Kier molecular flexibility index (Phi) is 6.99. The lowest BCUT2D eigenvalue weighted by Gasteiger charge is -2.30. The van der Waals surface area contributed by atoms with Crippen molar-refractivity contribution < 1.29 is 27.9 Å². The number of benzene rings is 3. The van der Waals surface area contributed by atoms with Crippen molar-refractivity contribution in [2.45, 2.75) is 18.3 Å². The third kappa shape index (κ3) is 6.00. The Morgan fingerprint density at radius 1 is 0.719 bits per heavy atom. The molecule has 0 radical (unpaired) electrons. The minimum atomic E-state index is -4.49. The molecule has 3 rings (SSSR count). The zero-order valence-corrected chi connectivity index (χ0v) is 16.6. The van der Waals surface area contributed by atoms with Gasteiger partial charge in [-0.05, 0) is 35.4 Å². The zero-order valence-electron chi connectivity index (χ0n) is 16.6. The molecule has 0 aliphatic heterocycles. The van der Waals surface area contributed by atoms with Crippen LogP contribution in [0.15, 0.2) is 84.9 Å². The Morgan fingerprint density at radius 3 is 1.62 bits per heavy atom. The summed E-state index contributed by atoms with van der Waals surface area (Å²) in [4.78, 5) is 24.0. The summed E-state index contributed by atoms with van der Waals surface area (Å²) in [5, 5.41) is 18.9. The minimum absolute atomic E-state index is 0.145. The van der Waals surface area contributed by atoms with E-state index in [1.807, 2.05) is 0 Å². The number of carboxylic acid groups (broad SMARTS) is 1. The van der Waals surface area contributed by atoms with Crippen LogP contribution in [0, 0.1) is 0 Å². The first-order chi connectivity index (χ1) is 15.2. The van der Waals surface area contributed by atoms with Crippen molar-refractivity contribution >= 4 is 17.8 Å². The average Bonchev–Trinajstić information content (AvgIpc) is 2.77. The van der Waals surface area contributed by atoms with Gasteiger partial charge in [-0.25, -0.2) is 4.79 Å². The Morgan fingerprint density at radius 2 is 1.19 bits per heavy atom. The van der Waals surface area contributed by atoms with Gasteiger partial charge in [0.2, 0.25) is 0 Å². The molecule has 0 aromatic heterocycles. The molecule has 3 aromatic carbocycles. The number of nitrogens with one attached hydrogen (secondary N) is 3. The molecule has 0 saturated heterocycles. The number of carbonyl (C=O) groups excluding carboxylic acids is 2. The summed E-state index contributed by atoms with van der Waals surface area (Å²) in [6.45, 7) is 0. The number of hydrogen-bond acceptors (Lipinski definition) is 3. The van der Waals surface area contributed by atoms with Gasteiger partial charge in [-0.2, -0.15) is 13.2 Å². The zero-order chi connectivity index (χ0) is 23.1. The van der Waals surface area contributed by atoms with Crippen LogP contribution >= 0.6 is 0 Å². The minimum Gasteiger partial charge on any atom is -0.530 e. The van der Waals surface area contributed by atoms with Crippen molar-refractivity contribution in [2.24, 2.45) is 0 Å². The van der Waals surface area contributed by atoms with Crippen LogP contribution in [0.25, 0.3) is 0 Å². The normalized spacial score (nSPS) is 13.0. The number of halogens is 3. The third-order valence-electron chi connectivity index (χ3n) is 4.68. The summed E-state index contributed by atoms with van der Waals surface area (Å²) in [7, 11) is 0. The molecule has 2 unspecified atom stereocenters. The van der Waals surface area contributed by atoms with Crippen molar-refractivity contribution in [1.29, 1.82) is 0 Å². The second-order valence-corrected chi connectivity index (χ2v) is 6.88. The maximum absolute atomic E-state index is 12.7. The maximum Gasteiger partial charge on any atom is 0.416 e. The summed E-state index contributed by atoms with van der Waals surface area (Å²) in [6, 6.07) is 18.8. The van der Waals surface area contributed by atoms with Gasteiger partial charge in [-0.1, -0.05) is 60.7 Å². The van der Waals surface area contributed by atoms with Gasteiger partial charge < -0.3 is 25.9 Å². The SMILES string of the molecule is O=C([O-])NC(c1ccccc1)C(NC(=O)Nc1ccc(C(F)(F)F)cc1)c1ccccc1. The van der Waals surface area contributed by atoms with Crippen LogP contribution in [0.3, 0.4) is 0 Å². The highest BCUT2D eigenvalue weighted by atomic mass is 19.4. The highest BCUT2D eigenvalue weighted by molar-refractivity contribution is 5.89. The van der Waals surface area contributed by atoms with E-state index in [1.165, 1.54) is 0 Å². The molecule has 3 amide bonds. The highest BCUT2D eigenvalue weighted by Gasteiger charge is 2.30. The number of urea groups is 1. The topological polar surface area (TPSA) is 93.3 Å². The molecule has 2 atom stereocenters. The van der Waals surface area contributed by atoms with E-state index in [0.717, 1.165) is 24.3 Å². The Bertz CT molecular complexity index is 1040. The van der Waals surface area contributed by atoms with E-state index in [1.54, 1.807) is 60.7 Å². The number of alkyl halides is 3. The molecular weight excluding hydrogens is 423 g/mol. The van der Waals surface area contributed by atoms with Crippen LogP contribution < -0.4 is 21.1 Å². The molecule has 166 valence electrons. The molecule has 3 N–H and O–H groups in total. The van der Waals surface area contributed by atoms with Crippen LogP contribution in [0.5, 0.6) is 0 Å². The van der Waals surface area contributed by atoms with Gasteiger partial charge in [0.1, 0.15) is 6.09 Å². The number of hydrogen-bond donors (Lipinski definition) is 3. The fraction of sp³-hybridized carbons (Fsp3) is 0.130. The van der Waals surface area contributed by atoms with Crippen LogP contribution in [-0.4, -0.2) is 12.1 Å². The van der Waals surface area contributed by atoms with Crippen molar-refractivity contribution in [1.82, 2.24) is 10.6 Å². The molecule has 0 saturated carbocycles. The van der Waals surface area contributed by atoms with Crippen molar-refractivity contribution in [2.75, 3.05) is 5.32 Å². The lowest BCUT2D eigenvalue weighted by atomic mass is 9.93. The van der Waals surface area contributed by atoms with E-state index in [0.29, 0.717) is 11.1 Å². The molecule has 0 aliphatic rings. The first kappa shape index (κ1) is 22.7. The van der Waals surface area contributed by atoms with E-state index in [-0.39, 0.29) is 5.69 Å². The van der Waals surface area contributed by atoms with Crippen molar-refractivity contribution in [3.8, 4) is 0 Å². The summed E-state index contributed by atoms with van der Waals surface area (Å²) in [5.41, 5.74) is 0.498. The standard InChI is InChI=1S/C23H20F3N3O3/c24-23(25,26)17-11-13-18(14-12-17)27-21(30)28-19(15-7-3-1-4-8-15)20(29-22(31)32)16-9-5-2-6-10-16/h1-14,19-20,29H,(H,31,32)(H2,27,28,30)/p-1. The third-order valence-corrected chi connectivity index (χ3v) is 4.68. The molecule has 0 spiro atoms. The first-order valence-electron chi connectivity index (χ1n) is 9.56. The lowest BCUT2D eigenvalue weighted by molar-refractivity contribution is -0.252. The number of amides is 3. The van der Waals surface area contributed by atoms with Crippen LogP contribution in [0.2, 0.25) is 0 Å². The summed E-state index contributed by atoms with van der Waals surface area (Å²) in [6.07, 6.45) is -6.01. The summed E-state index contributed by atoms with van der Waals surface area (Å²) in [5.74, 6) is 0. The van der Waals surface area contributed by atoms with Gasteiger partial charge in [0.05, 0.1) is 17.6 Å². The number of carbonyl (C=O) groups is 2. The lowest BCUT2D eigenvalue weighted by Crippen LogP contribution is -2.46. The van der Waals surface area contributed by atoms with Gasteiger partial charge in [0.15, 0.2) is 0 Å². The van der Waals surface area contributed by atoms with Gasteiger partial charge in [0, 0.05) is 5.69 Å². The maximum atomic E-state index is 12.7. The molecule has 0 heterocycles.